The van der Waals surface area contributed by atoms with Gasteiger partial charge >= 0.3 is 5.97 Å². The zero-order chi connectivity index (χ0) is 15.3. The van der Waals surface area contributed by atoms with Gasteiger partial charge in [-0.25, -0.2) is 9.48 Å². The Kier molecular flexibility index (Phi) is 5.84. The van der Waals surface area contributed by atoms with Crippen LogP contribution >= 0.6 is 23.2 Å². The average Bonchev–Trinajstić information content (AvgIpc) is 2.43. The highest BCUT2D eigenvalue weighted by Gasteiger charge is 2.18. The molecular weight excluding hydrogens is 311 g/mol. The average molecular weight is 321 g/mol. The maximum Gasteiger partial charge on any atom is 0.374 e. The number of aryl methyl sites for hydroxylation is 1. The number of hydrogen-bond acceptors (Lipinski definition) is 6. The van der Waals surface area contributed by atoms with Gasteiger partial charge in [-0.3, -0.25) is 14.4 Å². The molecule has 7 nitrogen and oxygen atoms in total. The van der Waals surface area contributed by atoms with Crippen LogP contribution in [-0.4, -0.2) is 34.4 Å². The zero-order valence-corrected chi connectivity index (χ0v) is 11.9. The topological polar surface area (TPSA) is 95.3 Å². The van der Waals surface area contributed by atoms with Gasteiger partial charge < -0.3 is 4.74 Å². The lowest BCUT2D eigenvalue weighted by molar-refractivity contribution is -0.152. The molecule has 0 spiro atoms. The fourth-order valence-corrected chi connectivity index (χ4v) is 1.56. The summed E-state index contributed by atoms with van der Waals surface area (Å²) in [5.74, 6) is -2.53. The number of nitrogens with zero attached hydrogens (tertiary/aromatic N) is 2. The summed E-state index contributed by atoms with van der Waals surface area (Å²) in [5.41, 5.74) is -0.633. The maximum absolute atomic E-state index is 11.6. The van der Waals surface area contributed by atoms with E-state index in [0.717, 1.165) is 11.8 Å². The molecular formula is C11H10Cl2N2O5. The van der Waals surface area contributed by atoms with Crippen molar-refractivity contribution in [3.8, 4) is 0 Å². The van der Waals surface area contributed by atoms with E-state index in [1.807, 2.05) is 0 Å². The largest absolute Gasteiger partial charge is 0.463 e. The number of carbonyl (C=O) groups excluding carboxylic acids is 3. The Hall–Kier alpha value is -1.73. The molecule has 0 saturated carbocycles. The molecule has 0 amide bonds. The van der Waals surface area contributed by atoms with E-state index in [0.29, 0.717) is 0 Å². The minimum atomic E-state index is -1.08. The molecule has 1 aromatic rings. The molecule has 108 valence electrons. The number of aromatic nitrogens is 2. The number of methoxy groups -OCH3 is 1. The van der Waals surface area contributed by atoms with Gasteiger partial charge in [-0.1, -0.05) is 23.2 Å². The van der Waals surface area contributed by atoms with E-state index in [1.54, 1.807) is 0 Å². The van der Waals surface area contributed by atoms with Crippen LogP contribution in [-0.2, 0) is 25.7 Å². The molecule has 0 aliphatic heterocycles. The molecule has 1 rings (SSSR count). The van der Waals surface area contributed by atoms with Crippen LogP contribution in [0.3, 0.4) is 0 Å². The molecule has 0 radical (unpaired) electrons. The van der Waals surface area contributed by atoms with Crippen LogP contribution in [0.5, 0.6) is 0 Å². The number of carbonyl (C=O) groups is 3. The van der Waals surface area contributed by atoms with Crippen molar-refractivity contribution in [1.29, 1.82) is 0 Å². The summed E-state index contributed by atoms with van der Waals surface area (Å²) in [6, 6.07) is 0. The number of halogens is 2. The molecule has 0 unspecified atom stereocenters. The number of ketones is 2. The van der Waals surface area contributed by atoms with Crippen LogP contribution in [0.1, 0.15) is 12.8 Å². The minimum Gasteiger partial charge on any atom is -0.463 e. The van der Waals surface area contributed by atoms with Crippen molar-refractivity contribution in [3.63, 3.8) is 0 Å². The third kappa shape index (κ3) is 4.14. The Bertz CT molecular complexity index is 611. The summed E-state index contributed by atoms with van der Waals surface area (Å²) < 4.78 is 5.14. The normalized spacial score (nSPS) is 10.2. The number of ether oxygens (including phenoxy) is 1. The lowest BCUT2D eigenvalue weighted by Crippen LogP contribution is -2.25. The highest BCUT2D eigenvalue weighted by molar-refractivity contribution is 6.41. The van der Waals surface area contributed by atoms with E-state index in [2.05, 4.69) is 9.84 Å². The third-order valence-corrected chi connectivity index (χ3v) is 3.06. The smallest absolute Gasteiger partial charge is 0.374 e. The predicted molar refractivity (Wildman–Crippen MR) is 69.8 cm³/mol. The molecule has 0 aliphatic carbocycles. The molecule has 0 fully saturated rings. The molecule has 1 heterocycles. The number of esters is 1. The first-order valence-corrected chi connectivity index (χ1v) is 6.16. The first-order chi connectivity index (χ1) is 9.36. The van der Waals surface area contributed by atoms with E-state index >= 15 is 0 Å². The van der Waals surface area contributed by atoms with Crippen molar-refractivity contribution < 1.29 is 19.1 Å². The lowest BCUT2D eigenvalue weighted by atomic mass is 10.1. The fraction of sp³-hybridized carbons (Fsp3) is 0.364. The molecule has 0 saturated heterocycles. The highest BCUT2D eigenvalue weighted by atomic mass is 35.5. The van der Waals surface area contributed by atoms with E-state index in [1.165, 1.54) is 6.20 Å². The van der Waals surface area contributed by atoms with Gasteiger partial charge in [0.1, 0.15) is 10.8 Å². The second-order valence-electron chi connectivity index (χ2n) is 3.71. The van der Waals surface area contributed by atoms with Gasteiger partial charge in [0.15, 0.2) is 0 Å². The molecule has 0 aliphatic rings. The number of rotatable bonds is 6. The maximum atomic E-state index is 11.6. The van der Waals surface area contributed by atoms with Crippen molar-refractivity contribution in [3.05, 3.63) is 26.6 Å². The minimum absolute atomic E-state index is 0.0140. The summed E-state index contributed by atoms with van der Waals surface area (Å²) in [6.07, 6.45) is 0.450. The standard InChI is InChI=1S/C11H10Cl2N2O5/c1-20-11(19)8(17)4-6(16)2-3-15-10(18)9(13)7(12)5-14-15/h5H,2-4H2,1H3. The van der Waals surface area contributed by atoms with Crippen LogP contribution in [0.15, 0.2) is 11.0 Å². The molecule has 0 N–H and O–H groups in total. The second-order valence-corrected chi connectivity index (χ2v) is 4.50. The summed E-state index contributed by atoms with van der Waals surface area (Å²) in [5, 5.41) is 3.52. The van der Waals surface area contributed by atoms with Crippen LogP contribution in [0, 0.1) is 0 Å². The summed E-state index contributed by atoms with van der Waals surface area (Å²) in [4.78, 5) is 45.1. The summed E-state index contributed by atoms with van der Waals surface area (Å²) in [7, 11) is 1.05. The third-order valence-electron chi connectivity index (χ3n) is 2.32. The van der Waals surface area contributed by atoms with Crippen LogP contribution in [0.4, 0.5) is 0 Å². The van der Waals surface area contributed by atoms with Crippen molar-refractivity contribution >= 4 is 40.7 Å². The molecule has 0 bridgehead atoms. The summed E-state index contributed by atoms with van der Waals surface area (Å²) >= 11 is 11.2. The van der Waals surface area contributed by atoms with E-state index in [4.69, 9.17) is 23.2 Å². The first-order valence-electron chi connectivity index (χ1n) is 5.40. The number of hydrogen-bond donors (Lipinski definition) is 0. The van der Waals surface area contributed by atoms with Gasteiger partial charge in [0.25, 0.3) is 5.56 Å². The van der Waals surface area contributed by atoms with Gasteiger partial charge in [-0.05, 0) is 0 Å². The highest BCUT2D eigenvalue weighted by Crippen LogP contribution is 2.14. The van der Waals surface area contributed by atoms with Crippen LogP contribution in [0.25, 0.3) is 0 Å². The molecule has 0 atom stereocenters. The van der Waals surface area contributed by atoms with Gasteiger partial charge in [0, 0.05) is 6.42 Å². The Morgan fingerprint density at radius 2 is 2.00 bits per heavy atom. The van der Waals surface area contributed by atoms with E-state index < -0.39 is 29.5 Å². The SMILES string of the molecule is COC(=O)C(=O)CC(=O)CCn1ncc(Cl)c(Cl)c1=O. The van der Waals surface area contributed by atoms with Gasteiger partial charge in [0.05, 0.1) is 31.3 Å². The zero-order valence-electron chi connectivity index (χ0n) is 10.4. The predicted octanol–water partition coefficient (Wildman–Crippen LogP) is 0.641. The van der Waals surface area contributed by atoms with Crippen molar-refractivity contribution in [2.75, 3.05) is 7.11 Å². The lowest BCUT2D eigenvalue weighted by Gasteiger charge is -2.04. The first kappa shape index (κ1) is 16.3. The van der Waals surface area contributed by atoms with Crippen molar-refractivity contribution in [1.82, 2.24) is 9.78 Å². The van der Waals surface area contributed by atoms with E-state index in [-0.39, 0.29) is 23.0 Å². The van der Waals surface area contributed by atoms with Gasteiger partial charge in [-0.15, -0.1) is 0 Å². The Labute approximate surface area is 123 Å². The van der Waals surface area contributed by atoms with Gasteiger partial charge in [-0.2, -0.15) is 5.10 Å². The Balaban J connectivity index is 2.62. The molecule has 1 aromatic heterocycles. The van der Waals surface area contributed by atoms with Crippen LogP contribution in [0.2, 0.25) is 10.0 Å². The second kappa shape index (κ2) is 7.16. The van der Waals surface area contributed by atoms with E-state index in [9.17, 15) is 19.2 Å². The summed E-state index contributed by atoms with van der Waals surface area (Å²) in [6.45, 7) is -0.0665. The quantitative estimate of drug-likeness (QED) is 0.433. The van der Waals surface area contributed by atoms with Crippen molar-refractivity contribution in [2.24, 2.45) is 0 Å². The molecule has 20 heavy (non-hydrogen) atoms. The van der Waals surface area contributed by atoms with Crippen LogP contribution < -0.4 is 5.56 Å². The van der Waals surface area contributed by atoms with Gasteiger partial charge in [0.2, 0.25) is 5.78 Å². The monoisotopic (exact) mass is 320 g/mol. The molecule has 0 aromatic carbocycles. The van der Waals surface area contributed by atoms with Crippen molar-refractivity contribution in [2.45, 2.75) is 19.4 Å². The Morgan fingerprint density at radius 3 is 2.60 bits per heavy atom. The fourth-order valence-electron chi connectivity index (χ4n) is 1.29. The number of Topliss-reactive ketones (excluding diaryl/α,β-unsaturated/α-hetero) is 2. The molecule has 9 heteroatoms. The Morgan fingerprint density at radius 1 is 1.35 bits per heavy atom.